The molecule has 4 nitrogen and oxygen atoms in total. The number of halogens is 1. The lowest BCUT2D eigenvalue weighted by molar-refractivity contribution is -0.139. The monoisotopic (exact) mass is 338 g/mol. The molecule has 23 heavy (non-hydrogen) atoms. The van der Waals surface area contributed by atoms with E-state index in [9.17, 15) is 4.79 Å². The van der Waals surface area contributed by atoms with Crippen molar-refractivity contribution >= 4 is 18.3 Å². The molecule has 0 bridgehead atoms. The van der Waals surface area contributed by atoms with Crippen molar-refractivity contribution in [3.8, 4) is 0 Å². The summed E-state index contributed by atoms with van der Waals surface area (Å²) in [6.45, 7) is 5.24. The standard InChI is InChI=1S/C18H26N2O2.ClH/c1-18(13-19)8-10-20(11-9-18)17(21)15-7-12-22-16(15)14-5-3-2-4-6-14;/h2-6,15-16H,7-13,19H2,1H3;1H. The van der Waals surface area contributed by atoms with Gasteiger partial charge in [0.05, 0.1) is 12.0 Å². The third-order valence-corrected chi connectivity index (χ3v) is 5.31. The molecule has 2 aliphatic rings. The molecule has 2 aliphatic heterocycles. The lowest BCUT2D eigenvalue weighted by Crippen LogP contribution is -2.47. The number of hydrogen-bond acceptors (Lipinski definition) is 3. The molecule has 1 aromatic rings. The van der Waals surface area contributed by atoms with E-state index in [0.717, 1.165) is 37.9 Å². The van der Waals surface area contributed by atoms with Crippen molar-refractivity contribution in [1.29, 1.82) is 0 Å². The number of ether oxygens (including phenoxy) is 1. The summed E-state index contributed by atoms with van der Waals surface area (Å²) >= 11 is 0. The molecule has 1 amide bonds. The fraction of sp³-hybridized carbons (Fsp3) is 0.611. The first kappa shape index (κ1) is 18.2. The van der Waals surface area contributed by atoms with Crippen LogP contribution in [0.15, 0.2) is 30.3 Å². The highest BCUT2D eigenvalue weighted by molar-refractivity contribution is 5.85. The van der Waals surface area contributed by atoms with Crippen molar-refractivity contribution < 1.29 is 9.53 Å². The van der Waals surface area contributed by atoms with Crippen molar-refractivity contribution in [3.05, 3.63) is 35.9 Å². The minimum Gasteiger partial charge on any atom is -0.373 e. The molecule has 1 aromatic carbocycles. The maximum Gasteiger partial charge on any atom is 0.228 e. The van der Waals surface area contributed by atoms with Gasteiger partial charge in [-0.15, -0.1) is 12.4 Å². The largest absolute Gasteiger partial charge is 0.373 e. The van der Waals surface area contributed by atoms with Gasteiger partial charge in [0.15, 0.2) is 0 Å². The molecule has 5 heteroatoms. The van der Waals surface area contributed by atoms with Gasteiger partial charge in [-0.2, -0.15) is 0 Å². The predicted molar refractivity (Wildman–Crippen MR) is 93.5 cm³/mol. The number of piperidine rings is 1. The van der Waals surface area contributed by atoms with Crippen molar-refractivity contribution in [2.75, 3.05) is 26.2 Å². The Labute approximate surface area is 144 Å². The molecule has 2 heterocycles. The van der Waals surface area contributed by atoms with E-state index >= 15 is 0 Å². The number of carbonyl (C=O) groups excluding carboxylic acids is 1. The Bertz CT molecular complexity index is 515. The van der Waals surface area contributed by atoms with Gasteiger partial charge in [-0.05, 0) is 36.8 Å². The third kappa shape index (κ3) is 3.87. The van der Waals surface area contributed by atoms with Crippen LogP contribution in [0.2, 0.25) is 0 Å². The van der Waals surface area contributed by atoms with Crippen LogP contribution in [0, 0.1) is 11.3 Å². The Morgan fingerprint density at radius 3 is 2.57 bits per heavy atom. The summed E-state index contributed by atoms with van der Waals surface area (Å²) in [6, 6.07) is 10.1. The molecule has 0 spiro atoms. The normalized spacial score (nSPS) is 26.6. The molecule has 0 aromatic heterocycles. The Balaban J connectivity index is 0.00000192. The lowest BCUT2D eigenvalue weighted by atomic mass is 9.80. The second kappa shape index (κ2) is 7.65. The molecule has 2 fully saturated rings. The first-order valence-electron chi connectivity index (χ1n) is 8.28. The number of nitrogens with two attached hydrogens (primary N) is 1. The molecule has 0 aliphatic carbocycles. The molecule has 2 N–H and O–H groups in total. The SMILES string of the molecule is CC1(CN)CCN(C(=O)C2CCOC2c2ccccc2)CC1.Cl. The average molecular weight is 339 g/mol. The molecule has 2 unspecified atom stereocenters. The van der Waals surface area contributed by atoms with Gasteiger partial charge in [0.1, 0.15) is 0 Å². The highest BCUT2D eigenvalue weighted by Gasteiger charge is 2.39. The fourth-order valence-corrected chi connectivity index (χ4v) is 3.52. The van der Waals surface area contributed by atoms with E-state index in [2.05, 4.69) is 19.1 Å². The van der Waals surface area contributed by atoms with Crippen molar-refractivity contribution in [3.63, 3.8) is 0 Å². The van der Waals surface area contributed by atoms with Crippen molar-refractivity contribution in [2.45, 2.75) is 32.3 Å². The summed E-state index contributed by atoms with van der Waals surface area (Å²) in [7, 11) is 0. The molecule has 2 atom stereocenters. The first-order valence-corrected chi connectivity index (χ1v) is 8.28. The molecule has 2 saturated heterocycles. The van der Waals surface area contributed by atoms with Crippen LogP contribution in [-0.4, -0.2) is 37.0 Å². The van der Waals surface area contributed by atoms with Crippen LogP contribution in [-0.2, 0) is 9.53 Å². The number of carbonyl (C=O) groups is 1. The van der Waals surface area contributed by atoms with Crippen molar-refractivity contribution in [2.24, 2.45) is 17.1 Å². The topological polar surface area (TPSA) is 55.6 Å². The predicted octanol–water partition coefficient (Wildman–Crippen LogP) is 2.77. The summed E-state index contributed by atoms with van der Waals surface area (Å²) in [5, 5.41) is 0. The minimum absolute atomic E-state index is 0. The first-order chi connectivity index (χ1) is 10.6. The number of likely N-dealkylation sites (tertiary alicyclic amines) is 1. The second-order valence-corrected chi connectivity index (χ2v) is 6.94. The van der Waals surface area contributed by atoms with Gasteiger partial charge in [0.25, 0.3) is 0 Å². The van der Waals surface area contributed by atoms with Gasteiger partial charge < -0.3 is 15.4 Å². The van der Waals surface area contributed by atoms with E-state index in [1.807, 2.05) is 23.1 Å². The fourth-order valence-electron chi connectivity index (χ4n) is 3.52. The maximum absolute atomic E-state index is 12.9. The number of nitrogens with zero attached hydrogens (tertiary/aromatic N) is 1. The number of rotatable bonds is 3. The quantitative estimate of drug-likeness (QED) is 0.922. The summed E-state index contributed by atoms with van der Waals surface area (Å²) in [6.07, 6.45) is 2.73. The van der Waals surface area contributed by atoms with Gasteiger partial charge in [-0.1, -0.05) is 37.3 Å². The summed E-state index contributed by atoms with van der Waals surface area (Å²) in [4.78, 5) is 14.9. The van der Waals surface area contributed by atoms with Crippen LogP contribution in [0.1, 0.15) is 37.9 Å². The zero-order valence-electron chi connectivity index (χ0n) is 13.7. The Hall–Kier alpha value is -1.10. The Morgan fingerprint density at radius 1 is 1.30 bits per heavy atom. The number of benzene rings is 1. The summed E-state index contributed by atoms with van der Waals surface area (Å²) in [5.74, 6) is 0.218. The second-order valence-electron chi connectivity index (χ2n) is 6.94. The molecule has 0 saturated carbocycles. The molecule has 128 valence electrons. The van der Waals surface area contributed by atoms with Gasteiger partial charge in [-0.3, -0.25) is 4.79 Å². The van der Waals surface area contributed by atoms with E-state index in [1.165, 1.54) is 0 Å². The van der Waals surface area contributed by atoms with E-state index in [1.54, 1.807) is 0 Å². The van der Waals surface area contributed by atoms with Crippen LogP contribution in [0.3, 0.4) is 0 Å². The highest BCUT2D eigenvalue weighted by Crippen LogP contribution is 2.37. The number of amides is 1. The third-order valence-electron chi connectivity index (χ3n) is 5.31. The van der Waals surface area contributed by atoms with E-state index in [4.69, 9.17) is 10.5 Å². The van der Waals surface area contributed by atoms with Crippen LogP contribution in [0.4, 0.5) is 0 Å². The summed E-state index contributed by atoms with van der Waals surface area (Å²) in [5.41, 5.74) is 7.17. The average Bonchev–Trinajstić information content (AvgIpc) is 3.05. The Morgan fingerprint density at radius 2 is 1.96 bits per heavy atom. The summed E-state index contributed by atoms with van der Waals surface area (Å²) < 4.78 is 5.86. The molecule has 3 rings (SSSR count). The van der Waals surface area contributed by atoms with Crippen LogP contribution < -0.4 is 5.73 Å². The van der Waals surface area contributed by atoms with Crippen LogP contribution in [0.25, 0.3) is 0 Å². The van der Waals surface area contributed by atoms with Gasteiger partial charge >= 0.3 is 0 Å². The lowest BCUT2D eigenvalue weighted by Gasteiger charge is -2.40. The van der Waals surface area contributed by atoms with E-state index in [-0.39, 0.29) is 35.8 Å². The minimum atomic E-state index is -0.0866. The molecular formula is C18H27ClN2O2. The number of hydrogen-bond donors (Lipinski definition) is 1. The Kier molecular flexibility index (Phi) is 6.06. The van der Waals surface area contributed by atoms with Crippen LogP contribution >= 0.6 is 12.4 Å². The molecular weight excluding hydrogens is 312 g/mol. The zero-order valence-corrected chi connectivity index (χ0v) is 14.6. The van der Waals surface area contributed by atoms with Crippen molar-refractivity contribution in [1.82, 2.24) is 4.90 Å². The maximum atomic E-state index is 12.9. The molecule has 0 radical (unpaired) electrons. The van der Waals surface area contributed by atoms with E-state index in [0.29, 0.717) is 13.2 Å². The van der Waals surface area contributed by atoms with Gasteiger partial charge in [-0.25, -0.2) is 0 Å². The van der Waals surface area contributed by atoms with Gasteiger partial charge in [0, 0.05) is 19.7 Å². The zero-order chi connectivity index (χ0) is 15.6. The highest BCUT2D eigenvalue weighted by atomic mass is 35.5. The van der Waals surface area contributed by atoms with Crippen LogP contribution in [0.5, 0.6) is 0 Å². The van der Waals surface area contributed by atoms with E-state index < -0.39 is 0 Å². The van der Waals surface area contributed by atoms with Gasteiger partial charge in [0.2, 0.25) is 5.91 Å². The smallest absolute Gasteiger partial charge is 0.228 e.